The number of fused-ring (bicyclic) bond motifs is 1. The lowest BCUT2D eigenvalue weighted by molar-refractivity contribution is -0.135. The number of pyridine rings is 1. The minimum atomic E-state index is 0.0473. The van der Waals surface area contributed by atoms with Gasteiger partial charge in [-0.2, -0.15) is 5.10 Å². The van der Waals surface area contributed by atoms with Gasteiger partial charge in [0, 0.05) is 42.6 Å². The molecule has 0 spiro atoms. The summed E-state index contributed by atoms with van der Waals surface area (Å²) in [5, 5.41) is 9.80. The first-order valence-electron chi connectivity index (χ1n) is 10.3. The number of aromatic nitrogens is 4. The van der Waals surface area contributed by atoms with Gasteiger partial charge in [0.2, 0.25) is 5.91 Å². The highest BCUT2D eigenvalue weighted by Gasteiger charge is 2.27. The van der Waals surface area contributed by atoms with Gasteiger partial charge in [-0.1, -0.05) is 19.0 Å². The summed E-state index contributed by atoms with van der Waals surface area (Å²) >= 11 is 0. The van der Waals surface area contributed by atoms with Crippen molar-refractivity contribution in [3.63, 3.8) is 0 Å². The van der Waals surface area contributed by atoms with Crippen LogP contribution in [0, 0.1) is 5.92 Å². The Hall–Kier alpha value is -2.74. The third kappa shape index (κ3) is 3.31. The molecule has 0 aliphatic carbocycles. The van der Waals surface area contributed by atoms with Gasteiger partial charge >= 0.3 is 0 Å². The summed E-state index contributed by atoms with van der Waals surface area (Å²) in [5.74, 6) is 1.26. The summed E-state index contributed by atoms with van der Waals surface area (Å²) in [5.41, 5.74) is 2.73. The Kier molecular flexibility index (Phi) is 4.58. The minimum absolute atomic E-state index is 0.0473. The molecule has 8 nitrogen and oxygen atoms in total. The number of ether oxygens (including phenoxy) is 1. The quantitative estimate of drug-likeness (QED) is 0.675. The second kappa shape index (κ2) is 7.26. The summed E-state index contributed by atoms with van der Waals surface area (Å²) in [6.45, 7) is 6.84. The molecule has 3 aromatic rings. The molecule has 0 radical (unpaired) electrons. The third-order valence-corrected chi connectivity index (χ3v) is 5.95. The second-order valence-electron chi connectivity index (χ2n) is 8.28. The van der Waals surface area contributed by atoms with Crippen molar-refractivity contribution in [2.45, 2.75) is 38.6 Å². The Labute approximate surface area is 168 Å². The molecule has 5 rings (SSSR count). The fourth-order valence-electron chi connectivity index (χ4n) is 4.09. The number of likely N-dealkylation sites (tertiary alicyclic amines) is 1. The van der Waals surface area contributed by atoms with Crippen molar-refractivity contribution >= 4 is 16.8 Å². The summed E-state index contributed by atoms with van der Waals surface area (Å²) in [6.07, 6.45) is 5.48. The Balaban J connectivity index is 1.33. The summed E-state index contributed by atoms with van der Waals surface area (Å²) in [7, 11) is 0. The van der Waals surface area contributed by atoms with E-state index in [-0.39, 0.29) is 17.9 Å². The van der Waals surface area contributed by atoms with Crippen molar-refractivity contribution in [1.29, 1.82) is 0 Å². The zero-order valence-electron chi connectivity index (χ0n) is 16.7. The number of rotatable bonds is 4. The molecule has 0 atom stereocenters. The van der Waals surface area contributed by atoms with Crippen LogP contribution in [0.25, 0.3) is 22.4 Å². The lowest BCUT2D eigenvalue weighted by atomic mass is 9.92. The molecule has 2 saturated heterocycles. The van der Waals surface area contributed by atoms with Gasteiger partial charge in [-0.15, -0.1) is 0 Å². The van der Waals surface area contributed by atoms with Crippen LogP contribution in [0.1, 0.15) is 44.3 Å². The van der Waals surface area contributed by atoms with Crippen molar-refractivity contribution in [1.82, 2.24) is 24.8 Å². The Morgan fingerprint density at radius 2 is 1.97 bits per heavy atom. The van der Waals surface area contributed by atoms with Crippen LogP contribution >= 0.6 is 0 Å². The number of nitrogens with zero attached hydrogens (tertiary/aromatic N) is 5. The topological polar surface area (TPSA) is 86.3 Å². The molecule has 0 bridgehead atoms. The predicted octanol–water partition coefficient (Wildman–Crippen LogP) is 3.02. The van der Waals surface area contributed by atoms with Crippen LogP contribution in [0.4, 0.5) is 0 Å². The van der Waals surface area contributed by atoms with E-state index in [4.69, 9.17) is 9.26 Å². The molecule has 2 aliphatic heterocycles. The molecule has 5 heterocycles. The predicted molar refractivity (Wildman–Crippen MR) is 106 cm³/mol. The lowest BCUT2D eigenvalue weighted by Gasteiger charge is -2.32. The zero-order chi connectivity index (χ0) is 20.0. The molecule has 152 valence electrons. The van der Waals surface area contributed by atoms with E-state index in [9.17, 15) is 4.79 Å². The first-order chi connectivity index (χ1) is 14.1. The number of hydrogen-bond acceptors (Lipinski definition) is 6. The average Bonchev–Trinajstić information content (AvgIpc) is 3.34. The molecule has 2 fully saturated rings. The van der Waals surface area contributed by atoms with Gasteiger partial charge in [-0.05, 0) is 18.9 Å². The number of hydrogen-bond donors (Lipinski definition) is 0. The third-order valence-electron chi connectivity index (χ3n) is 5.95. The highest BCUT2D eigenvalue weighted by Crippen LogP contribution is 2.32. The average molecular weight is 395 g/mol. The Morgan fingerprint density at radius 1 is 1.17 bits per heavy atom. The van der Waals surface area contributed by atoms with Crippen molar-refractivity contribution in [2.24, 2.45) is 5.92 Å². The lowest BCUT2D eigenvalue weighted by Crippen LogP contribution is -2.40. The molecule has 8 heteroatoms. The van der Waals surface area contributed by atoms with E-state index >= 15 is 0 Å². The van der Waals surface area contributed by atoms with Gasteiger partial charge in [0.05, 0.1) is 36.7 Å². The highest BCUT2D eigenvalue weighted by atomic mass is 16.5. The monoisotopic (exact) mass is 395 g/mol. The van der Waals surface area contributed by atoms with E-state index < -0.39 is 0 Å². The highest BCUT2D eigenvalue weighted by molar-refractivity contribution is 5.81. The van der Waals surface area contributed by atoms with Crippen LogP contribution in [-0.2, 0) is 9.53 Å². The van der Waals surface area contributed by atoms with Gasteiger partial charge in [0.15, 0.2) is 5.76 Å². The van der Waals surface area contributed by atoms with E-state index in [0.717, 1.165) is 48.2 Å². The van der Waals surface area contributed by atoms with Crippen LogP contribution in [0.2, 0.25) is 0 Å². The molecule has 0 N–H and O–H groups in total. The zero-order valence-corrected chi connectivity index (χ0v) is 16.7. The van der Waals surface area contributed by atoms with Crippen molar-refractivity contribution in [2.75, 3.05) is 26.3 Å². The first kappa shape index (κ1) is 18.3. The fraction of sp³-hybridized carbons (Fsp3) is 0.524. The van der Waals surface area contributed by atoms with Gasteiger partial charge in [0.1, 0.15) is 5.69 Å². The van der Waals surface area contributed by atoms with E-state index in [0.29, 0.717) is 24.9 Å². The summed E-state index contributed by atoms with van der Waals surface area (Å²) in [4.78, 5) is 18.7. The Bertz CT molecular complexity index is 1030. The molecular weight excluding hydrogens is 370 g/mol. The normalized spacial score (nSPS) is 18.5. The van der Waals surface area contributed by atoms with Crippen molar-refractivity contribution in [3.05, 3.63) is 30.2 Å². The molecule has 0 unspecified atom stereocenters. The number of carbonyl (C=O) groups is 1. The van der Waals surface area contributed by atoms with E-state index in [1.165, 1.54) is 0 Å². The fourth-order valence-corrected chi connectivity index (χ4v) is 4.09. The maximum Gasteiger partial charge on any atom is 0.225 e. The largest absolute Gasteiger partial charge is 0.377 e. The second-order valence-corrected chi connectivity index (χ2v) is 8.28. The smallest absolute Gasteiger partial charge is 0.225 e. The maximum atomic E-state index is 12.2. The van der Waals surface area contributed by atoms with Crippen LogP contribution in [0.5, 0.6) is 0 Å². The van der Waals surface area contributed by atoms with E-state index in [2.05, 4.69) is 15.2 Å². The van der Waals surface area contributed by atoms with Gasteiger partial charge < -0.3 is 14.2 Å². The number of amides is 1. The van der Waals surface area contributed by atoms with Gasteiger partial charge in [0.25, 0.3) is 0 Å². The van der Waals surface area contributed by atoms with Crippen molar-refractivity contribution in [3.8, 4) is 11.5 Å². The number of carbonyl (C=O) groups excluding carboxylic acids is 1. The first-order valence-corrected chi connectivity index (χ1v) is 10.3. The van der Waals surface area contributed by atoms with Gasteiger partial charge in [-0.3, -0.25) is 14.5 Å². The summed E-state index contributed by atoms with van der Waals surface area (Å²) in [6, 6.07) is 4.28. The van der Waals surface area contributed by atoms with Crippen molar-refractivity contribution < 1.29 is 14.1 Å². The SMILES string of the molecule is CC(C)C(=O)N1CCC(c2cc(-c3cc4c(cn3)cnn4C3COC3)on2)CC1. The maximum absolute atomic E-state index is 12.2. The van der Waals surface area contributed by atoms with Crippen LogP contribution in [0.15, 0.2) is 29.0 Å². The standard InChI is InChI=1S/C21H25N5O3/c1-13(2)21(27)25-5-3-14(4-6-25)17-8-20(29-24-17)18-7-19-15(9-22-18)10-23-26(19)16-11-28-12-16/h7-10,13-14,16H,3-6,11-12H2,1-2H3. The van der Waals surface area contributed by atoms with Gasteiger partial charge in [-0.25, -0.2) is 0 Å². The molecule has 1 amide bonds. The molecule has 0 aromatic carbocycles. The van der Waals surface area contributed by atoms with Crippen LogP contribution in [-0.4, -0.2) is 57.0 Å². The minimum Gasteiger partial charge on any atom is -0.377 e. The molecule has 3 aromatic heterocycles. The van der Waals surface area contributed by atoms with E-state index in [1.807, 2.05) is 48.0 Å². The summed E-state index contributed by atoms with van der Waals surface area (Å²) < 4.78 is 12.9. The molecule has 2 aliphatic rings. The molecule has 0 saturated carbocycles. The van der Waals surface area contributed by atoms with Crippen LogP contribution < -0.4 is 0 Å². The Morgan fingerprint density at radius 3 is 2.66 bits per heavy atom. The number of piperidine rings is 1. The molecular formula is C21H25N5O3. The van der Waals surface area contributed by atoms with E-state index in [1.54, 1.807) is 0 Å². The molecule has 29 heavy (non-hydrogen) atoms. The van der Waals surface area contributed by atoms with Crippen LogP contribution in [0.3, 0.4) is 0 Å².